The Morgan fingerprint density at radius 1 is 1.29 bits per heavy atom. The van der Waals surface area contributed by atoms with E-state index in [0.29, 0.717) is 11.1 Å². The summed E-state index contributed by atoms with van der Waals surface area (Å²) < 4.78 is 29.4. The molecule has 6 heteroatoms. The minimum absolute atomic E-state index is 0. The summed E-state index contributed by atoms with van der Waals surface area (Å²) in [7, 11) is -3.98. The molecule has 0 aromatic heterocycles. The molecule has 0 aliphatic rings. The number of benzene rings is 1. The fourth-order valence-electron chi connectivity index (χ4n) is 0.886. The maximum absolute atomic E-state index is 10.4. The van der Waals surface area contributed by atoms with E-state index in [1.807, 2.05) is 6.07 Å². The van der Waals surface area contributed by atoms with Crippen molar-refractivity contribution in [2.24, 2.45) is 0 Å². The van der Waals surface area contributed by atoms with E-state index in [1.165, 1.54) is 24.3 Å². The van der Waals surface area contributed by atoms with E-state index in [2.05, 4.69) is 0 Å². The molecule has 0 unspecified atom stereocenters. The van der Waals surface area contributed by atoms with Gasteiger partial charge >= 0.3 is 29.6 Å². The van der Waals surface area contributed by atoms with Crippen molar-refractivity contribution in [2.75, 3.05) is 0 Å². The van der Waals surface area contributed by atoms with Gasteiger partial charge in [0.05, 0.1) is 11.6 Å². The molecule has 4 nitrogen and oxygen atoms in total. The zero-order chi connectivity index (χ0) is 9.90. The van der Waals surface area contributed by atoms with Crippen LogP contribution in [0.3, 0.4) is 0 Å². The molecule has 0 fully saturated rings. The SMILES string of the molecule is N#Cc1ccc(CS(=O)(=O)O)cc1.[NaH]. The van der Waals surface area contributed by atoms with Gasteiger partial charge in [-0.05, 0) is 17.7 Å². The Kier molecular flexibility index (Phi) is 5.34. The summed E-state index contributed by atoms with van der Waals surface area (Å²) in [5.74, 6) is -0.418. The van der Waals surface area contributed by atoms with Gasteiger partial charge in [0, 0.05) is 0 Å². The van der Waals surface area contributed by atoms with Gasteiger partial charge in [-0.2, -0.15) is 13.7 Å². The Morgan fingerprint density at radius 3 is 2.14 bits per heavy atom. The van der Waals surface area contributed by atoms with Crippen LogP contribution < -0.4 is 0 Å². The zero-order valence-electron chi connectivity index (χ0n) is 6.64. The van der Waals surface area contributed by atoms with Crippen LogP contribution in [0.5, 0.6) is 0 Å². The average Bonchev–Trinajstić information content (AvgIpc) is 2.03. The van der Waals surface area contributed by atoms with Crippen molar-refractivity contribution in [3.8, 4) is 6.07 Å². The molecule has 70 valence electrons. The molecule has 1 aromatic carbocycles. The van der Waals surface area contributed by atoms with Gasteiger partial charge in [-0.25, -0.2) is 0 Å². The van der Waals surface area contributed by atoms with Crippen molar-refractivity contribution >= 4 is 39.7 Å². The predicted molar refractivity (Wildman–Crippen MR) is 53.6 cm³/mol. The quantitative estimate of drug-likeness (QED) is 0.575. The predicted octanol–water partition coefficient (Wildman–Crippen LogP) is 0.298. The van der Waals surface area contributed by atoms with Crippen LogP contribution in [0.1, 0.15) is 11.1 Å². The Balaban J connectivity index is 0.00000169. The van der Waals surface area contributed by atoms with Gasteiger partial charge in [-0.1, -0.05) is 12.1 Å². The van der Waals surface area contributed by atoms with Crippen LogP contribution in [0.15, 0.2) is 24.3 Å². The molecule has 0 saturated carbocycles. The molecule has 0 radical (unpaired) electrons. The fraction of sp³-hybridized carbons (Fsp3) is 0.125. The molecule has 0 heterocycles. The summed E-state index contributed by atoms with van der Waals surface area (Å²) in [6.45, 7) is 0. The third-order valence-electron chi connectivity index (χ3n) is 1.43. The van der Waals surface area contributed by atoms with E-state index in [9.17, 15) is 8.42 Å². The van der Waals surface area contributed by atoms with Crippen LogP contribution in [-0.2, 0) is 15.9 Å². The van der Waals surface area contributed by atoms with Crippen molar-refractivity contribution in [1.82, 2.24) is 0 Å². The van der Waals surface area contributed by atoms with Crippen LogP contribution in [0.2, 0.25) is 0 Å². The normalized spacial score (nSPS) is 10.0. The first-order valence-electron chi connectivity index (χ1n) is 3.45. The number of nitrogens with zero attached hydrogens (tertiary/aromatic N) is 1. The van der Waals surface area contributed by atoms with Crippen molar-refractivity contribution in [1.29, 1.82) is 5.26 Å². The standard InChI is InChI=1S/C8H7NO3S.Na.H/c9-5-7-1-3-8(4-2-7)6-13(10,11)12;;/h1-4H,6H2,(H,10,11,12);;. The number of nitriles is 1. The third kappa shape index (κ3) is 4.74. The van der Waals surface area contributed by atoms with E-state index in [4.69, 9.17) is 9.81 Å². The Hall–Kier alpha value is -0.380. The topological polar surface area (TPSA) is 78.2 Å². The number of rotatable bonds is 2. The van der Waals surface area contributed by atoms with E-state index in [-0.39, 0.29) is 29.6 Å². The maximum atomic E-state index is 10.4. The van der Waals surface area contributed by atoms with Gasteiger partial charge < -0.3 is 0 Å². The molecule has 0 bridgehead atoms. The molecule has 1 aromatic rings. The van der Waals surface area contributed by atoms with Crippen LogP contribution in [0, 0.1) is 11.3 Å². The van der Waals surface area contributed by atoms with Gasteiger partial charge in [0.2, 0.25) is 0 Å². The summed E-state index contributed by atoms with van der Waals surface area (Å²) in [5.41, 5.74) is 0.917. The molecule has 0 atom stereocenters. The minimum atomic E-state index is -3.98. The molecule has 14 heavy (non-hydrogen) atoms. The first kappa shape index (κ1) is 13.6. The summed E-state index contributed by atoms with van der Waals surface area (Å²) in [6.07, 6.45) is 0. The second kappa shape index (κ2) is 5.49. The molecular weight excluding hydrogens is 213 g/mol. The van der Waals surface area contributed by atoms with E-state index < -0.39 is 15.9 Å². The van der Waals surface area contributed by atoms with Gasteiger partial charge in [-0.15, -0.1) is 0 Å². The Labute approximate surface area is 105 Å². The summed E-state index contributed by atoms with van der Waals surface area (Å²) in [6, 6.07) is 7.89. The number of hydrogen-bond acceptors (Lipinski definition) is 3. The molecule has 1 rings (SSSR count). The number of hydrogen-bond donors (Lipinski definition) is 1. The van der Waals surface area contributed by atoms with Gasteiger partial charge in [0.15, 0.2) is 0 Å². The van der Waals surface area contributed by atoms with Crippen LogP contribution in [0.25, 0.3) is 0 Å². The van der Waals surface area contributed by atoms with E-state index in [0.717, 1.165) is 0 Å². The molecule has 0 saturated heterocycles. The van der Waals surface area contributed by atoms with E-state index >= 15 is 0 Å². The fourth-order valence-corrected chi connectivity index (χ4v) is 1.50. The molecule has 0 spiro atoms. The third-order valence-corrected chi connectivity index (χ3v) is 2.13. The molecule has 0 aliphatic carbocycles. The molecule has 0 aliphatic heterocycles. The molecule has 1 N–H and O–H groups in total. The Bertz CT molecular complexity index is 433. The Morgan fingerprint density at radius 2 is 1.79 bits per heavy atom. The second-order valence-corrected chi connectivity index (χ2v) is 3.99. The first-order chi connectivity index (χ1) is 6.01. The average molecular weight is 221 g/mol. The van der Waals surface area contributed by atoms with Gasteiger partial charge in [-0.3, -0.25) is 4.55 Å². The van der Waals surface area contributed by atoms with Crippen LogP contribution >= 0.6 is 0 Å². The van der Waals surface area contributed by atoms with Gasteiger partial charge in [0.25, 0.3) is 10.1 Å². The van der Waals surface area contributed by atoms with Gasteiger partial charge in [0.1, 0.15) is 5.75 Å². The van der Waals surface area contributed by atoms with E-state index in [1.54, 1.807) is 0 Å². The first-order valence-corrected chi connectivity index (χ1v) is 5.06. The molecule has 0 amide bonds. The van der Waals surface area contributed by atoms with Crippen molar-refractivity contribution in [3.05, 3.63) is 35.4 Å². The van der Waals surface area contributed by atoms with Crippen molar-refractivity contribution in [2.45, 2.75) is 5.75 Å². The van der Waals surface area contributed by atoms with Crippen molar-refractivity contribution in [3.63, 3.8) is 0 Å². The summed E-state index contributed by atoms with van der Waals surface area (Å²) in [5, 5.41) is 8.44. The zero-order valence-corrected chi connectivity index (χ0v) is 7.45. The summed E-state index contributed by atoms with van der Waals surface area (Å²) in [4.78, 5) is 0. The molecular formula is C8H8NNaO3S. The van der Waals surface area contributed by atoms with Crippen LogP contribution in [0.4, 0.5) is 0 Å². The summed E-state index contributed by atoms with van der Waals surface area (Å²) >= 11 is 0. The van der Waals surface area contributed by atoms with Crippen LogP contribution in [-0.4, -0.2) is 42.5 Å². The monoisotopic (exact) mass is 221 g/mol. The second-order valence-electron chi connectivity index (χ2n) is 2.53. The van der Waals surface area contributed by atoms with Crippen molar-refractivity contribution < 1.29 is 13.0 Å².